The third-order valence-electron chi connectivity index (χ3n) is 4.35. The van der Waals surface area contributed by atoms with Crippen LogP contribution in [0.4, 0.5) is 16.2 Å². The molecule has 0 saturated heterocycles. The topological polar surface area (TPSA) is 64.6 Å². The minimum absolute atomic E-state index is 0.173. The van der Waals surface area contributed by atoms with Gasteiger partial charge in [-0.1, -0.05) is 24.3 Å². The van der Waals surface area contributed by atoms with Gasteiger partial charge < -0.3 is 20.6 Å². The molecule has 1 atom stereocenters. The number of carbonyl (C=O) groups excluding carboxylic acids is 1. The number of rotatable bonds is 4. The lowest BCUT2D eigenvalue weighted by Crippen LogP contribution is -2.32. The van der Waals surface area contributed by atoms with Gasteiger partial charge in [-0.2, -0.15) is 0 Å². The Bertz CT molecular complexity index is 745. The second-order valence-electron chi connectivity index (χ2n) is 6.28. The van der Waals surface area contributed by atoms with Gasteiger partial charge in [0.1, 0.15) is 0 Å². The quantitative estimate of drug-likeness (QED) is 0.810. The van der Waals surface area contributed by atoms with E-state index in [2.05, 4.69) is 22.6 Å². The molecule has 5 heteroatoms. The van der Waals surface area contributed by atoms with Crippen LogP contribution in [0.15, 0.2) is 42.5 Å². The minimum atomic E-state index is -0.718. The van der Waals surface area contributed by atoms with E-state index in [1.165, 1.54) is 11.3 Å². The summed E-state index contributed by atoms with van der Waals surface area (Å²) in [5.41, 5.74) is 5.12. The van der Waals surface area contributed by atoms with E-state index in [-0.39, 0.29) is 12.6 Å². The summed E-state index contributed by atoms with van der Waals surface area (Å²) in [6, 6.07) is 13.3. The molecule has 0 bridgehead atoms. The molecule has 0 aromatic heterocycles. The molecule has 126 valence electrons. The molecule has 0 fully saturated rings. The number of anilines is 2. The van der Waals surface area contributed by atoms with Gasteiger partial charge in [0.2, 0.25) is 0 Å². The molecular formula is C19H23N3O2. The highest BCUT2D eigenvalue weighted by Gasteiger charge is 2.18. The summed E-state index contributed by atoms with van der Waals surface area (Å²) in [6.45, 7) is 3.15. The van der Waals surface area contributed by atoms with Gasteiger partial charge in [-0.25, -0.2) is 4.79 Å². The van der Waals surface area contributed by atoms with Gasteiger partial charge in [0.05, 0.1) is 6.10 Å². The Hall–Kier alpha value is -2.53. The lowest BCUT2D eigenvalue weighted by atomic mass is 10.0. The summed E-state index contributed by atoms with van der Waals surface area (Å²) in [5, 5.41) is 15.8. The summed E-state index contributed by atoms with van der Waals surface area (Å²) >= 11 is 0. The van der Waals surface area contributed by atoms with Crippen LogP contribution < -0.4 is 15.5 Å². The fourth-order valence-corrected chi connectivity index (χ4v) is 3.00. The number of likely N-dealkylation sites (N-methyl/N-ethyl adjacent to an activating group) is 1. The van der Waals surface area contributed by atoms with E-state index in [0.29, 0.717) is 0 Å². The Morgan fingerprint density at radius 3 is 2.92 bits per heavy atom. The Kier molecular flexibility index (Phi) is 4.71. The Morgan fingerprint density at radius 1 is 1.29 bits per heavy atom. The molecule has 2 aromatic rings. The summed E-state index contributed by atoms with van der Waals surface area (Å²) in [6.07, 6.45) is 0.276. The molecule has 5 nitrogen and oxygen atoms in total. The first-order valence-corrected chi connectivity index (χ1v) is 8.16. The van der Waals surface area contributed by atoms with Crippen molar-refractivity contribution in [2.24, 2.45) is 0 Å². The SMILES string of the molecule is Cc1cccc(NC(=O)NCC(O)c2ccc3c(c2)CCN3C)c1. The molecule has 3 N–H and O–H groups in total. The van der Waals surface area contributed by atoms with Crippen molar-refractivity contribution in [1.29, 1.82) is 0 Å². The molecule has 1 aliphatic heterocycles. The van der Waals surface area contributed by atoms with Crippen LogP contribution in [0.3, 0.4) is 0 Å². The van der Waals surface area contributed by atoms with Crippen molar-refractivity contribution in [3.63, 3.8) is 0 Å². The number of aryl methyl sites for hydroxylation is 1. The van der Waals surface area contributed by atoms with Gasteiger partial charge in [-0.15, -0.1) is 0 Å². The van der Waals surface area contributed by atoms with Gasteiger partial charge in [-0.3, -0.25) is 0 Å². The number of hydrogen-bond acceptors (Lipinski definition) is 3. The van der Waals surface area contributed by atoms with Crippen LogP contribution in [0, 0.1) is 6.92 Å². The van der Waals surface area contributed by atoms with Crippen LogP contribution in [0.5, 0.6) is 0 Å². The Morgan fingerprint density at radius 2 is 2.12 bits per heavy atom. The fourth-order valence-electron chi connectivity index (χ4n) is 3.00. The van der Waals surface area contributed by atoms with E-state index in [4.69, 9.17) is 0 Å². The van der Waals surface area contributed by atoms with Crippen LogP contribution in [0.1, 0.15) is 22.8 Å². The zero-order valence-corrected chi connectivity index (χ0v) is 14.0. The molecule has 0 spiro atoms. The molecule has 24 heavy (non-hydrogen) atoms. The number of aliphatic hydroxyl groups is 1. The van der Waals surface area contributed by atoms with Gasteiger partial charge in [-0.05, 0) is 48.2 Å². The molecule has 3 rings (SSSR count). The number of nitrogens with one attached hydrogen (secondary N) is 2. The third-order valence-corrected chi connectivity index (χ3v) is 4.35. The van der Waals surface area contributed by atoms with E-state index in [0.717, 1.165) is 29.8 Å². The van der Waals surface area contributed by atoms with Crippen molar-refractivity contribution in [3.05, 3.63) is 59.2 Å². The van der Waals surface area contributed by atoms with Crippen molar-refractivity contribution in [2.45, 2.75) is 19.4 Å². The van der Waals surface area contributed by atoms with Crippen molar-refractivity contribution in [3.8, 4) is 0 Å². The molecule has 2 amide bonds. The minimum Gasteiger partial charge on any atom is -0.387 e. The highest BCUT2D eigenvalue weighted by Crippen LogP contribution is 2.29. The van der Waals surface area contributed by atoms with E-state index < -0.39 is 6.10 Å². The highest BCUT2D eigenvalue weighted by molar-refractivity contribution is 5.89. The number of fused-ring (bicyclic) bond motifs is 1. The largest absolute Gasteiger partial charge is 0.387 e. The number of nitrogens with zero attached hydrogens (tertiary/aromatic N) is 1. The first-order valence-electron chi connectivity index (χ1n) is 8.16. The summed E-state index contributed by atoms with van der Waals surface area (Å²) in [7, 11) is 2.07. The monoisotopic (exact) mass is 325 g/mol. The predicted octanol–water partition coefficient (Wildman–Crippen LogP) is 2.84. The zero-order chi connectivity index (χ0) is 17.1. The second kappa shape index (κ2) is 6.93. The van der Waals surface area contributed by atoms with Crippen molar-refractivity contribution in [1.82, 2.24) is 5.32 Å². The van der Waals surface area contributed by atoms with E-state index in [9.17, 15) is 9.90 Å². The van der Waals surface area contributed by atoms with Crippen molar-refractivity contribution >= 4 is 17.4 Å². The number of benzene rings is 2. The molecule has 1 heterocycles. The zero-order valence-electron chi connectivity index (χ0n) is 14.0. The average molecular weight is 325 g/mol. The van der Waals surface area contributed by atoms with Crippen LogP contribution in [-0.4, -0.2) is 31.3 Å². The lowest BCUT2D eigenvalue weighted by Gasteiger charge is -2.16. The smallest absolute Gasteiger partial charge is 0.319 e. The molecule has 0 aliphatic carbocycles. The molecule has 1 aliphatic rings. The maximum atomic E-state index is 11.9. The van der Waals surface area contributed by atoms with Gasteiger partial charge >= 0.3 is 6.03 Å². The number of hydrogen-bond donors (Lipinski definition) is 3. The lowest BCUT2D eigenvalue weighted by molar-refractivity contribution is 0.175. The summed E-state index contributed by atoms with van der Waals surface area (Å²) in [4.78, 5) is 14.2. The second-order valence-corrected chi connectivity index (χ2v) is 6.28. The average Bonchev–Trinajstić information content (AvgIpc) is 2.93. The van der Waals surface area contributed by atoms with Crippen LogP contribution in [-0.2, 0) is 6.42 Å². The highest BCUT2D eigenvalue weighted by atomic mass is 16.3. The van der Waals surface area contributed by atoms with Crippen LogP contribution in [0.2, 0.25) is 0 Å². The summed E-state index contributed by atoms with van der Waals surface area (Å²) in [5.74, 6) is 0. The fraction of sp³-hybridized carbons (Fsp3) is 0.316. The maximum Gasteiger partial charge on any atom is 0.319 e. The normalized spacial score (nSPS) is 14.2. The number of aliphatic hydroxyl groups excluding tert-OH is 1. The van der Waals surface area contributed by atoms with Gasteiger partial charge in [0, 0.05) is 31.5 Å². The first-order chi connectivity index (χ1) is 11.5. The Balaban J connectivity index is 1.55. The van der Waals surface area contributed by atoms with E-state index >= 15 is 0 Å². The third kappa shape index (κ3) is 3.68. The number of amides is 2. The van der Waals surface area contributed by atoms with Gasteiger partial charge in [0.25, 0.3) is 0 Å². The predicted molar refractivity (Wildman–Crippen MR) is 96.6 cm³/mol. The molecule has 2 aromatic carbocycles. The van der Waals surface area contributed by atoms with E-state index in [1.807, 2.05) is 49.4 Å². The van der Waals surface area contributed by atoms with E-state index in [1.54, 1.807) is 0 Å². The number of carbonyl (C=O) groups is 1. The molecule has 0 saturated carbocycles. The van der Waals surface area contributed by atoms with Crippen LogP contribution in [0.25, 0.3) is 0 Å². The van der Waals surface area contributed by atoms with Crippen LogP contribution >= 0.6 is 0 Å². The maximum absolute atomic E-state index is 11.9. The first kappa shape index (κ1) is 16.3. The Labute approximate surface area is 142 Å². The standard InChI is InChI=1S/C19H23N3O2/c1-13-4-3-5-16(10-13)21-19(24)20-12-18(23)15-6-7-17-14(11-15)8-9-22(17)2/h3-7,10-11,18,23H,8-9,12H2,1-2H3,(H2,20,21,24). The molecular weight excluding hydrogens is 302 g/mol. The van der Waals surface area contributed by atoms with Gasteiger partial charge in [0.15, 0.2) is 0 Å². The number of urea groups is 1. The summed E-state index contributed by atoms with van der Waals surface area (Å²) < 4.78 is 0. The molecule has 0 radical (unpaired) electrons. The van der Waals surface area contributed by atoms with Crippen molar-refractivity contribution in [2.75, 3.05) is 30.4 Å². The molecule has 1 unspecified atom stereocenters. The van der Waals surface area contributed by atoms with Crippen molar-refractivity contribution < 1.29 is 9.90 Å².